The second-order valence-electron chi connectivity index (χ2n) is 4.61. The van der Waals surface area contributed by atoms with Gasteiger partial charge in [-0.1, -0.05) is 0 Å². The molecule has 0 heterocycles. The first kappa shape index (κ1) is 15.3. The summed E-state index contributed by atoms with van der Waals surface area (Å²) < 4.78 is 23.8. The number of carbonyl (C=O) groups is 1. The Labute approximate surface area is 97.2 Å². The van der Waals surface area contributed by atoms with Gasteiger partial charge < -0.3 is 11.1 Å². The molecule has 0 saturated carbocycles. The molecule has 0 radical (unpaired) electrons. The molecule has 0 bridgehead atoms. The summed E-state index contributed by atoms with van der Waals surface area (Å²) in [4.78, 5) is 11.3. The lowest BCUT2D eigenvalue weighted by molar-refractivity contribution is -0.121. The van der Waals surface area contributed by atoms with E-state index in [9.17, 15) is 13.2 Å². The van der Waals surface area contributed by atoms with Gasteiger partial charge in [0.15, 0.2) is 0 Å². The first-order valence-electron chi connectivity index (χ1n) is 5.00. The van der Waals surface area contributed by atoms with Crippen molar-refractivity contribution >= 4 is 15.9 Å². The van der Waals surface area contributed by atoms with Crippen LogP contribution in [0, 0.1) is 0 Å². The van der Waals surface area contributed by atoms with Crippen LogP contribution in [-0.4, -0.2) is 50.6 Å². The minimum Gasteiger partial charge on any atom is -0.355 e. The van der Waals surface area contributed by atoms with Crippen molar-refractivity contribution in [2.45, 2.75) is 25.8 Å². The van der Waals surface area contributed by atoms with Crippen LogP contribution in [-0.2, 0) is 14.8 Å². The highest BCUT2D eigenvalue weighted by Gasteiger charge is 2.17. The lowest BCUT2D eigenvalue weighted by atomic mass is 10.0. The molecular formula is C9H21N3O3S. The van der Waals surface area contributed by atoms with Crippen LogP contribution in [0.25, 0.3) is 0 Å². The molecular weight excluding hydrogens is 230 g/mol. The number of hydrogen-bond donors (Lipinski definition) is 2. The Morgan fingerprint density at radius 2 is 1.88 bits per heavy atom. The molecule has 0 atom stereocenters. The Kier molecular flexibility index (Phi) is 5.37. The van der Waals surface area contributed by atoms with Gasteiger partial charge in [0.05, 0.1) is 5.75 Å². The SMILES string of the molecule is CN(C)S(=O)(=O)CCNC(=O)CC(C)(C)N. The van der Waals surface area contributed by atoms with Gasteiger partial charge in [0.1, 0.15) is 0 Å². The van der Waals surface area contributed by atoms with Gasteiger partial charge in [0.2, 0.25) is 15.9 Å². The first-order chi connectivity index (χ1) is 7.04. The van der Waals surface area contributed by atoms with E-state index >= 15 is 0 Å². The van der Waals surface area contributed by atoms with Gasteiger partial charge in [0.25, 0.3) is 0 Å². The lowest BCUT2D eigenvalue weighted by Crippen LogP contribution is -2.40. The number of nitrogens with zero attached hydrogens (tertiary/aromatic N) is 1. The second kappa shape index (κ2) is 5.60. The fourth-order valence-corrected chi connectivity index (χ4v) is 1.70. The van der Waals surface area contributed by atoms with Crippen LogP contribution in [0.3, 0.4) is 0 Å². The molecule has 7 heteroatoms. The average Bonchev–Trinajstić information content (AvgIpc) is 1.99. The highest BCUT2D eigenvalue weighted by Crippen LogP contribution is 2.02. The van der Waals surface area contributed by atoms with Crippen molar-refractivity contribution in [3.05, 3.63) is 0 Å². The molecule has 0 fully saturated rings. The Balaban J connectivity index is 3.97. The molecule has 0 aromatic rings. The maximum absolute atomic E-state index is 11.3. The Bertz CT molecular complexity index is 330. The summed E-state index contributed by atoms with van der Waals surface area (Å²) in [5.74, 6) is -0.335. The molecule has 1 amide bonds. The van der Waals surface area contributed by atoms with Crippen LogP contribution < -0.4 is 11.1 Å². The van der Waals surface area contributed by atoms with E-state index in [1.54, 1.807) is 13.8 Å². The summed E-state index contributed by atoms with van der Waals surface area (Å²) >= 11 is 0. The summed E-state index contributed by atoms with van der Waals surface area (Å²) in [6.07, 6.45) is 0.176. The van der Waals surface area contributed by atoms with Crippen LogP contribution in [0.15, 0.2) is 0 Å². The fraction of sp³-hybridized carbons (Fsp3) is 0.889. The Hall–Kier alpha value is -0.660. The Morgan fingerprint density at radius 1 is 1.38 bits per heavy atom. The molecule has 0 rings (SSSR count). The van der Waals surface area contributed by atoms with E-state index in [2.05, 4.69) is 5.32 Å². The fourth-order valence-electron chi connectivity index (χ4n) is 0.978. The molecule has 0 spiro atoms. The quantitative estimate of drug-likeness (QED) is 0.641. The highest BCUT2D eigenvalue weighted by molar-refractivity contribution is 7.89. The van der Waals surface area contributed by atoms with Crippen molar-refractivity contribution in [1.82, 2.24) is 9.62 Å². The number of nitrogens with one attached hydrogen (secondary N) is 1. The zero-order valence-corrected chi connectivity index (χ0v) is 11.1. The van der Waals surface area contributed by atoms with Crippen molar-refractivity contribution < 1.29 is 13.2 Å². The van der Waals surface area contributed by atoms with Crippen molar-refractivity contribution in [3.63, 3.8) is 0 Å². The maximum atomic E-state index is 11.3. The van der Waals surface area contributed by atoms with E-state index in [4.69, 9.17) is 5.73 Å². The summed E-state index contributed by atoms with van der Waals surface area (Å²) in [7, 11) is -0.333. The van der Waals surface area contributed by atoms with Gasteiger partial charge in [-0.05, 0) is 13.8 Å². The molecule has 0 saturated heterocycles. The summed E-state index contributed by atoms with van der Waals surface area (Å²) in [6.45, 7) is 3.59. The van der Waals surface area contributed by atoms with Crippen LogP contribution in [0.1, 0.15) is 20.3 Å². The monoisotopic (exact) mass is 251 g/mol. The largest absolute Gasteiger partial charge is 0.355 e. The number of sulfonamides is 1. The number of hydrogen-bond acceptors (Lipinski definition) is 4. The van der Waals surface area contributed by atoms with Crippen LogP contribution in [0.2, 0.25) is 0 Å². The zero-order chi connectivity index (χ0) is 13.0. The van der Waals surface area contributed by atoms with Gasteiger partial charge >= 0.3 is 0 Å². The normalized spacial score (nSPS) is 12.9. The molecule has 0 aliphatic carbocycles. The summed E-state index contributed by atoms with van der Waals surface area (Å²) in [6, 6.07) is 0. The third kappa shape index (κ3) is 6.76. The predicted octanol–water partition coefficient (Wildman–Crippen LogP) is -0.879. The molecule has 0 aliphatic heterocycles. The van der Waals surface area contributed by atoms with E-state index in [1.807, 2.05) is 0 Å². The predicted molar refractivity (Wildman–Crippen MR) is 63.4 cm³/mol. The standard InChI is InChI=1S/C9H21N3O3S/c1-9(2,10)7-8(13)11-5-6-16(14,15)12(3)4/h5-7,10H2,1-4H3,(H,11,13). The summed E-state index contributed by atoms with van der Waals surface area (Å²) in [5.41, 5.74) is 5.08. The van der Waals surface area contributed by atoms with Crippen molar-refractivity contribution in [2.24, 2.45) is 5.73 Å². The molecule has 0 aromatic carbocycles. The second-order valence-corrected chi connectivity index (χ2v) is 6.92. The van der Waals surface area contributed by atoms with Crippen LogP contribution in [0.4, 0.5) is 0 Å². The van der Waals surface area contributed by atoms with Crippen molar-refractivity contribution in [1.29, 1.82) is 0 Å². The zero-order valence-electron chi connectivity index (χ0n) is 10.3. The summed E-state index contributed by atoms with van der Waals surface area (Å²) in [5, 5.41) is 2.53. The number of rotatable bonds is 6. The molecule has 6 nitrogen and oxygen atoms in total. The van der Waals surface area contributed by atoms with E-state index in [0.29, 0.717) is 0 Å². The third-order valence-corrected chi connectivity index (χ3v) is 3.69. The Morgan fingerprint density at radius 3 is 2.25 bits per heavy atom. The lowest BCUT2D eigenvalue weighted by Gasteiger charge is -2.17. The van der Waals surface area contributed by atoms with Crippen molar-refractivity contribution in [3.8, 4) is 0 Å². The van der Waals surface area contributed by atoms with Gasteiger partial charge in [-0.2, -0.15) is 0 Å². The van der Waals surface area contributed by atoms with Crippen LogP contribution in [0.5, 0.6) is 0 Å². The van der Waals surface area contributed by atoms with Gasteiger partial charge in [-0.15, -0.1) is 0 Å². The van der Waals surface area contributed by atoms with E-state index < -0.39 is 15.6 Å². The van der Waals surface area contributed by atoms with Gasteiger partial charge in [-0.3, -0.25) is 4.79 Å². The minimum atomic E-state index is -3.25. The van der Waals surface area contributed by atoms with Gasteiger partial charge in [0, 0.05) is 32.6 Å². The number of nitrogens with two attached hydrogens (primary N) is 1. The molecule has 96 valence electrons. The smallest absolute Gasteiger partial charge is 0.221 e. The third-order valence-electron chi connectivity index (χ3n) is 1.85. The van der Waals surface area contributed by atoms with E-state index in [-0.39, 0.29) is 24.6 Å². The van der Waals surface area contributed by atoms with Gasteiger partial charge in [-0.25, -0.2) is 12.7 Å². The molecule has 0 unspecified atom stereocenters. The molecule has 0 aromatic heterocycles. The maximum Gasteiger partial charge on any atom is 0.221 e. The first-order valence-corrected chi connectivity index (χ1v) is 6.61. The number of amides is 1. The minimum absolute atomic E-state index is 0.100. The molecule has 16 heavy (non-hydrogen) atoms. The van der Waals surface area contributed by atoms with Crippen molar-refractivity contribution in [2.75, 3.05) is 26.4 Å². The molecule has 3 N–H and O–H groups in total. The molecule has 0 aliphatic rings. The van der Waals surface area contributed by atoms with E-state index in [1.165, 1.54) is 14.1 Å². The topological polar surface area (TPSA) is 92.5 Å². The highest BCUT2D eigenvalue weighted by atomic mass is 32.2. The van der Waals surface area contributed by atoms with E-state index in [0.717, 1.165) is 4.31 Å². The average molecular weight is 251 g/mol. The van der Waals surface area contributed by atoms with Crippen LogP contribution >= 0.6 is 0 Å². The number of carbonyl (C=O) groups excluding carboxylic acids is 1.